The minimum absolute atomic E-state index is 0.110. The molecule has 0 bridgehead atoms. The van der Waals surface area contributed by atoms with E-state index in [-0.39, 0.29) is 6.04 Å². The second-order valence-electron chi connectivity index (χ2n) is 4.57. The van der Waals surface area contributed by atoms with Crippen molar-refractivity contribution in [2.45, 2.75) is 13.0 Å². The van der Waals surface area contributed by atoms with Crippen LogP contribution in [0.15, 0.2) is 41.2 Å². The van der Waals surface area contributed by atoms with E-state index >= 15 is 0 Å². The van der Waals surface area contributed by atoms with Crippen molar-refractivity contribution < 1.29 is 4.52 Å². The van der Waals surface area contributed by atoms with Gasteiger partial charge in [0.15, 0.2) is 0 Å². The number of rotatable bonds is 4. The lowest BCUT2D eigenvalue weighted by molar-refractivity contribution is 0.442. The molecule has 0 saturated heterocycles. The maximum atomic E-state index is 6.16. The second kappa shape index (κ2) is 5.26. The minimum atomic E-state index is -0.110. The van der Waals surface area contributed by atoms with Crippen LogP contribution < -0.4 is 11.1 Å². The molecule has 0 aliphatic rings. The number of aryl methyl sites for hydroxylation is 1. The molecule has 2 aromatic heterocycles. The molecule has 1 aromatic carbocycles. The fourth-order valence-electron chi connectivity index (χ4n) is 2.08. The summed E-state index contributed by atoms with van der Waals surface area (Å²) in [4.78, 5) is 8.26. The Balaban J connectivity index is 1.79. The van der Waals surface area contributed by atoms with Crippen molar-refractivity contribution in [3.63, 3.8) is 0 Å². The van der Waals surface area contributed by atoms with Crippen LogP contribution in [0.4, 0.5) is 5.82 Å². The van der Waals surface area contributed by atoms with Gasteiger partial charge >= 0.3 is 0 Å². The highest BCUT2D eigenvalue weighted by Crippen LogP contribution is 2.22. The molecule has 6 heteroatoms. The number of hydrogen-bond acceptors (Lipinski definition) is 6. The van der Waals surface area contributed by atoms with Gasteiger partial charge in [-0.2, -0.15) is 4.98 Å². The van der Waals surface area contributed by atoms with Crippen molar-refractivity contribution in [3.05, 3.63) is 47.9 Å². The van der Waals surface area contributed by atoms with Crippen molar-refractivity contribution in [3.8, 4) is 0 Å². The molecule has 2 heterocycles. The molecule has 0 fully saturated rings. The highest BCUT2D eigenvalue weighted by Gasteiger charge is 2.13. The number of hydrogen-bond donors (Lipinski definition) is 2. The number of benzene rings is 1. The zero-order valence-corrected chi connectivity index (χ0v) is 11.1. The van der Waals surface area contributed by atoms with Gasteiger partial charge in [0.1, 0.15) is 17.5 Å². The normalized spacial score (nSPS) is 12.5. The lowest BCUT2D eigenvalue weighted by Gasteiger charge is -2.13. The van der Waals surface area contributed by atoms with Gasteiger partial charge in [0.2, 0.25) is 0 Å². The van der Waals surface area contributed by atoms with Gasteiger partial charge in [-0.1, -0.05) is 35.5 Å². The molecule has 0 aliphatic carbocycles. The Morgan fingerprint density at radius 3 is 2.85 bits per heavy atom. The van der Waals surface area contributed by atoms with Crippen LogP contribution in [0.25, 0.3) is 11.1 Å². The fraction of sp³-hybridized carbons (Fsp3) is 0.214. The molecule has 20 heavy (non-hydrogen) atoms. The summed E-state index contributed by atoms with van der Waals surface area (Å²) in [6.45, 7) is 2.43. The third kappa shape index (κ3) is 2.33. The molecule has 0 saturated carbocycles. The van der Waals surface area contributed by atoms with E-state index in [0.29, 0.717) is 18.1 Å². The van der Waals surface area contributed by atoms with Crippen LogP contribution in [0.5, 0.6) is 0 Å². The predicted octanol–water partition coefficient (Wildman–Crippen LogP) is 2.04. The molecule has 6 nitrogen and oxygen atoms in total. The maximum Gasteiger partial charge on any atom is 0.263 e. The Bertz CT molecular complexity index is 710. The number of nitrogens with one attached hydrogen (secondary N) is 1. The SMILES string of the molecule is Cc1noc2ncnc(NCC(N)c3ccccc3)c12. The zero-order valence-electron chi connectivity index (χ0n) is 11.1. The Labute approximate surface area is 116 Å². The van der Waals surface area contributed by atoms with Crippen molar-refractivity contribution in [2.24, 2.45) is 5.73 Å². The summed E-state index contributed by atoms with van der Waals surface area (Å²) < 4.78 is 5.11. The van der Waals surface area contributed by atoms with Gasteiger partial charge in [0.05, 0.1) is 5.69 Å². The molecular formula is C14H15N5O. The number of aromatic nitrogens is 3. The Kier molecular flexibility index (Phi) is 3.30. The summed E-state index contributed by atoms with van der Waals surface area (Å²) >= 11 is 0. The lowest BCUT2D eigenvalue weighted by Crippen LogP contribution is -2.21. The largest absolute Gasteiger partial charge is 0.367 e. The molecular weight excluding hydrogens is 254 g/mol. The molecule has 102 valence electrons. The van der Waals surface area contributed by atoms with Crippen LogP contribution in [-0.2, 0) is 0 Å². The Hall–Kier alpha value is -2.47. The average molecular weight is 269 g/mol. The third-order valence-corrected chi connectivity index (χ3v) is 3.16. The first-order valence-corrected chi connectivity index (χ1v) is 6.37. The quantitative estimate of drug-likeness (QED) is 0.753. The van der Waals surface area contributed by atoms with E-state index in [1.165, 1.54) is 6.33 Å². The van der Waals surface area contributed by atoms with Crippen LogP contribution in [0.1, 0.15) is 17.3 Å². The van der Waals surface area contributed by atoms with Crippen LogP contribution in [0.3, 0.4) is 0 Å². The molecule has 3 aromatic rings. The van der Waals surface area contributed by atoms with E-state index in [0.717, 1.165) is 16.6 Å². The molecule has 0 spiro atoms. The van der Waals surface area contributed by atoms with E-state index in [9.17, 15) is 0 Å². The molecule has 3 rings (SSSR count). The molecule has 0 aliphatic heterocycles. The number of fused-ring (bicyclic) bond motifs is 1. The van der Waals surface area contributed by atoms with Gasteiger partial charge in [-0.3, -0.25) is 0 Å². The van der Waals surface area contributed by atoms with E-state index in [2.05, 4.69) is 20.4 Å². The number of nitrogens with two attached hydrogens (primary N) is 1. The van der Waals surface area contributed by atoms with Crippen molar-refractivity contribution in [1.82, 2.24) is 15.1 Å². The van der Waals surface area contributed by atoms with Crippen LogP contribution >= 0.6 is 0 Å². The minimum Gasteiger partial charge on any atom is -0.367 e. The number of anilines is 1. The van der Waals surface area contributed by atoms with Gasteiger partial charge in [-0.15, -0.1) is 0 Å². The monoisotopic (exact) mass is 269 g/mol. The van der Waals surface area contributed by atoms with E-state index in [1.54, 1.807) is 0 Å². The van der Waals surface area contributed by atoms with Gasteiger partial charge in [-0.25, -0.2) is 4.98 Å². The summed E-state index contributed by atoms with van der Waals surface area (Å²) in [5.41, 5.74) is 8.47. The van der Waals surface area contributed by atoms with Crippen molar-refractivity contribution >= 4 is 16.9 Å². The maximum absolute atomic E-state index is 6.16. The van der Waals surface area contributed by atoms with E-state index in [1.807, 2.05) is 37.3 Å². The van der Waals surface area contributed by atoms with Gasteiger partial charge in [0.25, 0.3) is 5.71 Å². The van der Waals surface area contributed by atoms with Gasteiger partial charge in [0, 0.05) is 12.6 Å². The first kappa shape index (κ1) is 12.6. The first-order valence-electron chi connectivity index (χ1n) is 6.37. The van der Waals surface area contributed by atoms with Crippen LogP contribution in [0.2, 0.25) is 0 Å². The first-order chi connectivity index (χ1) is 9.75. The van der Waals surface area contributed by atoms with E-state index < -0.39 is 0 Å². The van der Waals surface area contributed by atoms with Crippen LogP contribution in [0, 0.1) is 6.92 Å². The molecule has 1 atom stereocenters. The summed E-state index contributed by atoms with van der Waals surface area (Å²) in [7, 11) is 0. The molecule has 0 radical (unpaired) electrons. The number of nitrogens with zero attached hydrogens (tertiary/aromatic N) is 3. The summed E-state index contributed by atoms with van der Waals surface area (Å²) in [5.74, 6) is 0.695. The van der Waals surface area contributed by atoms with Gasteiger partial charge < -0.3 is 15.6 Å². The molecule has 1 unspecified atom stereocenters. The fourth-order valence-corrected chi connectivity index (χ4v) is 2.08. The molecule has 3 N–H and O–H groups in total. The standard InChI is InChI=1S/C14H15N5O/c1-9-12-13(17-8-18-14(12)20-19-9)16-7-11(15)10-5-3-2-4-6-10/h2-6,8,11H,7,15H2,1H3,(H,16,17,18). The molecule has 0 amide bonds. The zero-order chi connectivity index (χ0) is 13.9. The highest BCUT2D eigenvalue weighted by molar-refractivity contribution is 5.87. The topological polar surface area (TPSA) is 89.9 Å². The predicted molar refractivity (Wildman–Crippen MR) is 76.2 cm³/mol. The second-order valence-corrected chi connectivity index (χ2v) is 4.57. The summed E-state index contributed by atoms with van der Waals surface area (Å²) in [6, 6.07) is 9.82. The van der Waals surface area contributed by atoms with Crippen molar-refractivity contribution in [2.75, 3.05) is 11.9 Å². The van der Waals surface area contributed by atoms with Gasteiger partial charge in [-0.05, 0) is 12.5 Å². The van der Waals surface area contributed by atoms with Crippen molar-refractivity contribution in [1.29, 1.82) is 0 Å². The Morgan fingerprint density at radius 1 is 1.25 bits per heavy atom. The van der Waals surface area contributed by atoms with E-state index in [4.69, 9.17) is 10.3 Å². The highest BCUT2D eigenvalue weighted by atomic mass is 16.5. The summed E-state index contributed by atoms with van der Waals surface area (Å²) in [5, 5.41) is 7.93. The van der Waals surface area contributed by atoms with Crippen LogP contribution in [-0.4, -0.2) is 21.7 Å². The Morgan fingerprint density at radius 2 is 2.05 bits per heavy atom. The lowest BCUT2D eigenvalue weighted by atomic mass is 10.1. The third-order valence-electron chi connectivity index (χ3n) is 3.16. The smallest absolute Gasteiger partial charge is 0.263 e. The average Bonchev–Trinajstić information content (AvgIpc) is 2.88. The summed E-state index contributed by atoms with van der Waals surface area (Å²) in [6.07, 6.45) is 1.45.